The number of hydrogen-bond donors (Lipinski definition) is 3. The van der Waals surface area contributed by atoms with Crippen LogP contribution in [0.2, 0.25) is 0 Å². The van der Waals surface area contributed by atoms with Crippen molar-refractivity contribution in [1.29, 1.82) is 0 Å². The Morgan fingerprint density at radius 2 is 2.04 bits per heavy atom. The average molecular weight is 359 g/mol. The molecule has 8 heteroatoms. The van der Waals surface area contributed by atoms with E-state index < -0.39 is 0 Å². The SMILES string of the molecule is CCc1n[nH]c(=S)n1CCNC(=O)CNC(=O)C=Cc1ccccc1. The molecule has 0 saturated carbocycles. The minimum absolute atomic E-state index is 0.0740. The summed E-state index contributed by atoms with van der Waals surface area (Å²) >= 11 is 5.14. The average Bonchev–Trinajstić information content (AvgIpc) is 2.99. The Bertz CT molecular complexity index is 795. The zero-order chi connectivity index (χ0) is 18.1. The van der Waals surface area contributed by atoms with Gasteiger partial charge in [-0.1, -0.05) is 37.3 Å². The van der Waals surface area contributed by atoms with Gasteiger partial charge in [0.05, 0.1) is 6.54 Å². The van der Waals surface area contributed by atoms with Gasteiger partial charge in [-0.3, -0.25) is 14.7 Å². The first-order valence-corrected chi connectivity index (χ1v) is 8.42. The van der Waals surface area contributed by atoms with Gasteiger partial charge in [0.15, 0.2) is 4.77 Å². The Kier molecular flexibility index (Phi) is 7.09. The van der Waals surface area contributed by atoms with Crippen molar-refractivity contribution in [2.45, 2.75) is 19.9 Å². The van der Waals surface area contributed by atoms with Crippen LogP contribution in [0.3, 0.4) is 0 Å². The number of aryl methyl sites for hydroxylation is 1. The molecule has 25 heavy (non-hydrogen) atoms. The highest BCUT2D eigenvalue weighted by atomic mass is 32.1. The molecule has 0 radical (unpaired) electrons. The van der Waals surface area contributed by atoms with Crippen LogP contribution < -0.4 is 10.6 Å². The lowest BCUT2D eigenvalue weighted by molar-refractivity contribution is -0.123. The van der Waals surface area contributed by atoms with Crippen molar-refractivity contribution in [3.63, 3.8) is 0 Å². The molecule has 7 nitrogen and oxygen atoms in total. The molecule has 0 aliphatic carbocycles. The van der Waals surface area contributed by atoms with Gasteiger partial charge in [-0.25, -0.2) is 0 Å². The molecule has 0 fully saturated rings. The Hall–Kier alpha value is -2.74. The fourth-order valence-corrected chi connectivity index (χ4v) is 2.43. The van der Waals surface area contributed by atoms with Crippen molar-refractivity contribution < 1.29 is 9.59 Å². The Morgan fingerprint density at radius 1 is 1.28 bits per heavy atom. The highest BCUT2D eigenvalue weighted by Gasteiger charge is 2.06. The molecule has 0 aliphatic heterocycles. The topological polar surface area (TPSA) is 91.8 Å². The van der Waals surface area contributed by atoms with Crippen LogP contribution in [0.1, 0.15) is 18.3 Å². The van der Waals surface area contributed by atoms with Gasteiger partial charge in [0.2, 0.25) is 11.8 Å². The van der Waals surface area contributed by atoms with Crippen LogP contribution in [-0.2, 0) is 22.6 Å². The fourth-order valence-electron chi connectivity index (χ4n) is 2.18. The van der Waals surface area contributed by atoms with E-state index >= 15 is 0 Å². The van der Waals surface area contributed by atoms with E-state index in [0.29, 0.717) is 17.9 Å². The van der Waals surface area contributed by atoms with Gasteiger partial charge in [-0.05, 0) is 23.9 Å². The van der Waals surface area contributed by atoms with Crippen LogP contribution in [0, 0.1) is 4.77 Å². The lowest BCUT2D eigenvalue weighted by Crippen LogP contribution is -2.37. The number of nitrogens with zero attached hydrogens (tertiary/aromatic N) is 2. The maximum Gasteiger partial charge on any atom is 0.244 e. The second kappa shape index (κ2) is 9.53. The summed E-state index contributed by atoms with van der Waals surface area (Å²) in [4.78, 5) is 23.5. The number of H-pyrrole nitrogens is 1. The van der Waals surface area contributed by atoms with E-state index in [4.69, 9.17) is 12.2 Å². The zero-order valence-corrected chi connectivity index (χ0v) is 14.8. The largest absolute Gasteiger partial charge is 0.353 e. The molecule has 2 amide bonds. The molecule has 0 atom stereocenters. The quantitative estimate of drug-likeness (QED) is 0.491. The van der Waals surface area contributed by atoms with Crippen molar-refractivity contribution in [1.82, 2.24) is 25.4 Å². The minimum atomic E-state index is -0.315. The van der Waals surface area contributed by atoms with Crippen LogP contribution in [0.4, 0.5) is 0 Å². The number of aromatic nitrogens is 3. The molecule has 0 unspecified atom stereocenters. The summed E-state index contributed by atoms with van der Waals surface area (Å²) in [6.45, 7) is 2.86. The Morgan fingerprint density at radius 3 is 2.76 bits per heavy atom. The minimum Gasteiger partial charge on any atom is -0.353 e. The van der Waals surface area contributed by atoms with E-state index in [1.54, 1.807) is 6.08 Å². The monoisotopic (exact) mass is 359 g/mol. The summed E-state index contributed by atoms with van der Waals surface area (Å²) in [6.07, 6.45) is 3.85. The number of nitrogens with one attached hydrogen (secondary N) is 3. The lowest BCUT2D eigenvalue weighted by atomic mass is 10.2. The van der Waals surface area contributed by atoms with E-state index in [-0.39, 0.29) is 18.4 Å². The van der Waals surface area contributed by atoms with Gasteiger partial charge in [-0.2, -0.15) is 5.10 Å². The lowest BCUT2D eigenvalue weighted by Gasteiger charge is -2.08. The molecule has 0 aliphatic rings. The maximum atomic E-state index is 11.8. The summed E-state index contributed by atoms with van der Waals surface area (Å²) in [5, 5.41) is 12.1. The van der Waals surface area contributed by atoms with Crippen molar-refractivity contribution in [3.05, 3.63) is 52.6 Å². The van der Waals surface area contributed by atoms with Gasteiger partial charge in [0.25, 0.3) is 0 Å². The van der Waals surface area contributed by atoms with Gasteiger partial charge in [-0.15, -0.1) is 0 Å². The summed E-state index contributed by atoms with van der Waals surface area (Å²) in [7, 11) is 0. The Balaban J connectivity index is 1.70. The number of carbonyl (C=O) groups is 2. The highest BCUT2D eigenvalue weighted by Crippen LogP contribution is 2.00. The number of benzene rings is 1. The molecule has 132 valence electrons. The molecular weight excluding hydrogens is 338 g/mol. The first-order valence-electron chi connectivity index (χ1n) is 8.02. The van der Waals surface area contributed by atoms with E-state index in [9.17, 15) is 9.59 Å². The predicted octanol–water partition coefficient (Wildman–Crippen LogP) is 1.45. The second-order valence-electron chi connectivity index (χ2n) is 5.26. The molecule has 1 aromatic heterocycles. The van der Waals surface area contributed by atoms with E-state index in [1.165, 1.54) is 6.08 Å². The molecule has 2 rings (SSSR count). The summed E-state index contributed by atoms with van der Waals surface area (Å²) in [5.41, 5.74) is 0.922. The molecule has 3 N–H and O–H groups in total. The van der Waals surface area contributed by atoms with Crippen LogP contribution in [0.15, 0.2) is 36.4 Å². The summed E-state index contributed by atoms with van der Waals surface area (Å²) in [5.74, 6) is 0.275. The van der Waals surface area contributed by atoms with Crippen molar-refractivity contribution in [3.8, 4) is 0 Å². The third kappa shape index (κ3) is 6.00. The number of carbonyl (C=O) groups excluding carboxylic acids is 2. The number of aromatic amines is 1. The number of amides is 2. The molecular formula is C17H21N5O2S. The maximum absolute atomic E-state index is 11.8. The van der Waals surface area contributed by atoms with Crippen molar-refractivity contribution in [2.75, 3.05) is 13.1 Å². The first-order chi connectivity index (χ1) is 12.1. The zero-order valence-electron chi connectivity index (χ0n) is 14.0. The van der Waals surface area contributed by atoms with Crippen molar-refractivity contribution >= 4 is 30.1 Å². The smallest absolute Gasteiger partial charge is 0.244 e. The van der Waals surface area contributed by atoms with E-state index in [1.807, 2.05) is 41.8 Å². The third-order valence-electron chi connectivity index (χ3n) is 3.46. The van der Waals surface area contributed by atoms with E-state index in [2.05, 4.69) is 20.8 Å². The molecule has 0 spiro atoms. The number of hydrogen-bond acceptors (Lipinski definition) is 4. The van der Waals surface area contributed by atoms with Gasteiger partial charge in [0, 0.05) is 25.6 Å². The molecule has 1 heterocycles. The van der Waals surface area contributed by atoms with Crippen LogP contribution in [-0.4, -0.2) is 39.7 Å². The molecule has 2 aromatic rings. The van der Waals surface area contributed by atoms with Crippen LogP contribution >= 0.6 is 12.2 Å². The molecule has 0 saturated heterocycles. The van der Waals surface area contributed by atoms with Crippen molar-refractivity contribution in [2.24, 2.45) is 0 Å². The van der Waals surface area contributed by atoms with Gasteiger partial charge < -0.3 is 15.2 Å². The van der Waals surface area contributed by atoms with Crippen LogP contribution in [0.5, 0.6) is 0 Å². The fraction of sp³-hybridized carbons (Fsp3) is 0.294. The molecule has 1 aromatic carbocycles. The summed E-state index contributed by atoms with van der Waals surface area (Å²) < 4.78 is 2.38. The summed E-state index contributed by atoms with van der Waals surface area (Å²) in [6, 6.07) is 9.47. The van der Waals surface area contributed by atoms with Crippen LogP contribution in [0.25, 0.3) is 6.08 Å². The standard InChI is InChI=1S/C17H21N5O2S/c1-2-14-20-21-17(25)22(14)11-10-18-16(24)12-19-15(23)9-8-13-6-4-3-5-7-13/h3-9H,2,10-12H2,1H3,(H,18,24)(H,19,23)(H,21,25). The predicted molar refractivity (Wildman–Crippen MR) is 98.3 cm³/mol. The van der Waals surface area contributed by atoms with Gasteiger partial charge in [0.1, 0.15) is 5.82 Å². The third-order valence-corrected chi connectivity index (χ3v) is 3.77. The number of rotatable bonds is 8. The normalized spacial score (nSPS) is 10.8. The Labute approximate surface area is 151 Å². The van der Waals surface area contributed by atoms with Gasteiger partial charge >= 0.3 is 0 Å². The second-order valence-corrected chi connectivity index (χ2v) is 5.65. The highest BCUT2D eigenvalue weighted by molar-refractivity contribution is 7.71. The first kappa shape index (κ1) is 18.6. The van der Waals surface area contributed by atoms with E-state index in [0.717, 1.165) is 17.8 Å². The molecule has 0 bridgehead atoms.